The topological polar surface area (TPSA) is 66.8 Å². The molecule has 1 amide bonds. The zero-order chi connectivity index (χ0) is 14.9. The fourth-order valence-corrected chi connectivity index (χ4v) is 2.56. The van der Waals surface area contributed by atoms with E-state index in [0.29, 0.717) is 5.69 Å². The van der Waals surface area contributed by atoms with Crippen molar-refractivity contribution in [2.24, 2.45) is 5.92 Å². The molecule has 0 radical (unpaired) electrons. The van der Waals surface area contributed by atoms with Crippen LogP contribution < -0.4 is 4.90 Å². The molecule has 1 aliphatic heterocycles. The Kier molecular flexibility index (Phi) is 4.40. The van der Waals surface area contributed by atoms with Gasteiger partial charge in [-0.15, -0.1) is 0 Å². The third kappa shape index (κ3) is 2.83. The fraction of sp³-hybridized carbons (Fsp3) is 0.385. The van der Waals surface area contributed by atoms with Crippen LogP contribution in [0.15, 0.2) is 12.1 Å². The third-order valence-electron chi connectivity index (χ3n) is 3.06. The molecule has 1 aromatic rings. The summed E-state index contributed by atoms with van der Waals surface area (Å²) in [7, 11) is 0. The molecule has 1 atom stereocenters. The van der Waals surface area contributed by atoms with Crippen LogP contribution in [-0.2, 0) is 14.3 Å². The molecular formula is C13H13Cl2NO4. The monoisotopic (exact) mass is 317 g/mol. The molecule has 0 aliphatic carbocycles. The van der Waals surface area contributed by atoms with Crippen molar-refractivity contribution in [2.75, 3.05) is 18.1 Å². The molecule has 1 aliphatic rings. The van der Waals surface area contributed by atoms with Gasteiger partial charge in [-0.05, 0) is 19.1 Å². The Balaban J connectivity index is 2.22. The highest BCUT2D eigenvalue weighted by Gasteiger charge is 2.36. The summed E-state index contributed by atoms with van der Waals surface area (Å²) in [5, 5.41) is 9.62. The van der Waals surface area contributed by atoms with Gasteiger partial charge in [0.15, 0.2) is 5.75 Å². The molecule has 1 fully saturated rings. The van der Waals surface area contributed by atoms with Gasteiger partial charge in [0.1, 0.15) is 0 Å². The third-order valence-corrected chi connectivity index (χ3v) is 3.63. The maximum Gasteiger partial charge on any atom is 0.311 e. The molecule has 0 aromatic heterocycles. The number of esters is 1. The van der Waals surface area contributed by atoms with Crippen LogP contribution in [0.4, 0.5) is 5.69 Å². The Morgan fingerprint density at radius 1 is 1.45 bits per heavy atom. The average molecular weight is 318 g/mol. The Morgan fingerprint density at radius 3 is 2.60 bits per heavy atom. The Morgan fingerprint density at radius 2 is 2.05 bits per heavy atom. The molecule has 7 heteroatoms. The SMILES string of the molecule is CCOC(=O)[C@@H]1CC(=O)N(c2cc(Cl)c(O)c(Cl)c2)C1. The number of anilines is 1. The standard InChI is InChI=1S/C13H13Cl2NO4/c1-2-20-13(19)7-3-11(17)16(6-7)8-4-9(14)12(18)10(15)5-8/h4-5,7,18H,2-3,6H2,1H3/t7-/m1/s1. The summed E-state index contributed by atoms with van der Waals surface area (Å²) in [6, 6.07) is 2.88. The van der Waals surface area contributed by atoms with E-state index in [4.69, 9.17) is 27.9 Å². The molecule has 1 aromatic carbocycles. The van der Waals surface area contributed by atoms with E-state index in [1.165, 1.54) is 17.0 Å². The minimum Gasteiger partial charge on any atom is -0.505 e. The van der Waals surface area contributed by atoms with Crippen LogP contribution in [0.5, 0.6) is 5.75 Å². The quantitative estimate of drug-likeness (QED) is 0.870. The van der Waals surface area contributed by atoms with E-state index in [-0.39, 0.29) is 47.2 Å². The van der Waals surface area contributed by atoms with Crippen molar-refractivity contribution < 1.29 is 19.4 Å². The normalized spacial score (nSPS) is 18.4. The summed E-state index contributed by atoms with van der Waals surface area (Å²) < 4.78 is 4.91. The lowest BCUT2D eigenvalue weighted by molar-refractivity contribution is -0.147. The first-order valence-electron chi connectivity index (χ1n) is 6.09. The van der Waals surface area contributed by atoms with Gasteiger partial charge in [-0.1, -0.05) is 23.2 Å². The number of phenols is 1. The van der Waals surface area contributed by atoms with Gasteiger partial charge in [-0.2, -0.15) is 0 Å². The Bertz CT molecular complexity index is 538. The fourth-order valence-electron chi connectivity index (χ4n) is 2.08. The zero-order valence-electron chi connectivity index (χ0n) is 10.7. The number of ether oxygens (including phenoxy) is 1. The Hall–Kier alpha value is -1.46. The van der Waals surface area contributed by atoms with Gasteiger partial charge >= 0.3 is 5.97 Å². The lowest BCUT2D eigenvalue weighted by Crippen LogP contribution is -2.26. The number of halogens is 2. The van der Waals surface area contributed by atoms with Crippen LogP contribution in [0.2, 0.25) is 10.0 Å². The number of nitrogens with zero attached hydrogens (tertiary/aromatic N) is 1. The molecule has 1 heterocycles. The van der Waals surface area contributed by atoms with Crippen LogP contribution >= 0.6 is 23.2 Å². The van der Waals surface area contributed by atoms with Crippen molar-refractivity contribution in [3.63, 3.8) is 0 Å². The first-order chi connectivity index (χ1) is 9.43. The van der Waals surface area contributed by atoms with Crippen molar-refractivity contribution in [3.8, 4) is 5.75 Å². The number of benzene rings is 1. The maximum atomic E-state index is 12.0. The number of carbonyl (C=O) groups excluding carboxylic acids is 2. The maximum absolute atomic E-state index is 12.0. The minimum atomic E-state index is -0.492. The average Bonchev–Trinajstić information content (AvgIpc) is 2.78. The van der Waals surface area contributed by atoms with Gasteiger partial charge < -0.3 is 14.7 Å². The molecule has 0 saturated carbocycles. The summed E-state index contributed by atoms with van der Waals surface area (Å²) in [5.74, 6) is -1.32. The number of aromatic hydroxyl groups is 1. The second-order valence-electron chi connectivity index (χ2n) is 4.42. The summed E-state index contributed by atoms with van der Waals surface area (Å²) in [4.78, 5) is 25.0. The Labute approximate surface area is 126 Å². The summed E-state index contributed by atoms with van der Waals surface area (Å²) in [5.41, 5.74) is 0.453. The molecule has 1 saturated heterocycles. The van der Waals surface area contributed by atoms with Gasteiger partial charge in [-0.3, -0.25) is 9.59 Å². The minimum absolute atomic E-state index is 0.0554. The van der Waals surface area contributed by atoms with E-state index in [9.17, 15) is 14.7 Å². The van der Waals surface area contributed by atoms with Gasteiger partial charge in [0.2, 0.25) is 5.91 Å². The summed E-state index contributed by atoms with van der Waals surface area (Å²) >= 11 is 11.7. The number of phenolic OH excluding ortho intramolecular Hbond substituents is 1. The van der Waals surface area contributed by atoms with Gasteiger partial charge in [-0.25, -0.2) is 0 Å². The van der Waals surface area contributed by atoms with Gasteiger partial charge in [0, 0.05) is 18.7 Å². The lowest BCUT2D eigenvalue weighted by atomic mass is 10.1. The first kappa shape index (κ1) is 14.9. The largest absolute Gasteiger partial charge is 0.505 e. The van der Waals surface area contributed by atoms with Crippen molar-refractivity contribution in [1.82, 2.24) is 0 Å². The van der Waals surface area contributed by atoms with Crippen molar-refractivity contribution in [3.05, 3.63) is 22.2 Å². The summed E-state index contributed by atoms with van der Waals surface area (Å²) in [6.45, 7) is 2.21. The number of amides is 1. The van der Waals surface area contributed by atoms with E-state index in [2.05, 4.69) is 0 Å². The number of hydrogen-bond donors (Lipinski definition) is 1. The van der Waals surface area contributed by atoms with Crippen LogP contribution in [0.3, 0.4) is 0 Å². The predicted molar refractivity (Wildman–Crippen MR) is 75.2 cm³/mol. The van der Waals surface area contributed by atoms with Crippen LogP contribution in [0.25, 0.3) is 0 Å². The van der Waals surface area contributed by atoms with E-state index in [1.807, 2.05) is 0 Å². The molecule has 0 spiro atoms. The van der Waals surface area contributed by atoms with Crippen molar-refractivity contribution >= 4 is 40.8 Å². The second kappa shape index (κ2) is 5.89. The molecule has 20 heavy (non-hydrogen) atoms. The van der Waals surface area contributed by atoms with E-state index < -0.39 is 5.92 Å². The zero-order valence-corrected chi connectivity index (χ0v) is 12.2. The van der Waals surface area contributed by atoms with Gasteiger partial charge in [0.25, 0.3) is 0 Å². The van der Waals surface area contributed by atoms with Crippen molar-refractivity contribution in [2.45, 2.75) is 13.3 Å². The number of carbonyl (C=O) groups is 2. The van der Waals surface area contributed by atoms with Crippen LogP contribution in [0.1, 0.15) is 13.3 Å². The van der Waals surface area contributed by atoms with Crippen LogP contribution in [0, 0.1) is 5.92 Å². The molecule has 0 unspecified atom stereocenters. The summed E-state index contributed by atoms with van der Waals surface area (Å²) in [6.07, 6.45) is 0.0922. The second-order valence-corrected chi connectivity index (χ2v) is 5.23. The highest BCUT2D eigenvalue weighted by atomic mass is 35.5. The van der Waals surface area contributed by atoms with E-state index in [0.717, 1.165) is 0 Å². The van der Waals surface area contributed by atoms with Gasteiger partial charge in [0.05, 0.1) is 22.6 Å². The number of hydrogen-bond acceptors (Lipinski definition) is 4. The molecule has 2 rings (SSSR count). The molecule has 5 nitrogen and oxygen atoms in total. The number of rotatable bonds is 3. The first-order valence-corrected chi connectivity index (χ1v) is 6.84. The van der Waals surface area contributed by atoms with Crippen LogP contribution in [-0.4, -0.2) is 30.1 Å². The highest BCUT2D eigenvalue weighted by Crippen LogP contribution is 2.37. The predicted octanol–water partition coefficient (Wildman–Crippen LogP) is 2.62. The molecular weight excluding hydrogens is 305 g/mol. The van der Waals surface area contributed by atoms with E-state index >= 15 is 0 Å². The molecule has 0 bridgehead atoms. The van der Waals surface area contributed by atoms with Crippen molar-refractivity contribution in [1.29, 1.82) is 0 Å². The smallest absolute Gasteiger partial charge is 0.311 e. The molecule has 1 N–H and O–H groups in total. The lowest BCUT2D eigenvalue weighted by Gasteiger charge is -2.17. The highest BCUT2D eigenvalue weighted by molar-refractivity contribution is 6.37. The molecule has 108 valence electrons. The van der Waals surface area contributed by atoms with E-state index in [1.54, 1.807) is 6.92 Å².